The number of carbonyl (C=O) groups is 1. The smallest absolute Gasteiger partial charge is 0.234 e. The first kappa shape index (κ1) is 17.5. The number of amides is 1. The summed E-state index contributed by atoms with van der Waals surface area (Å²) in [4.78, 5) is 15.3. The lowest BCUT2D eigenvalue weighted by Crippen LogP contribution is -2.52. The highest BCUT2D eigenvalue weighted by Crippen LogP contribution is 2.45. The number of methoxy groups -OCH3 is 1. The Morgan fingerprint density at radius 1 is 1.16 bits per heavy atom. The van der Waals surface area contributed by atoms with E-state index in [4.69, 9.17) is 4.74 Å². The van der Waals surface area contributed by atoms with Crippen molar-refractivity contribution in [2.75, 3.05) is 24.4 Å². The van der Waals surface area contributed by atoms with Gasteiger partial charge < -0.3 is 15.0 Å². The third-order valence-electron chi connectivity index (χ3n) is 5.25. The van der Waals surface area contributed by atoms with Crippen LogP contribution in [0.4, 0.5) is 11.4 Å². The van der Waals surface area contributed by atoms with Gasteiger partial charge in [-0.3, -0.25) is 4.79 Å². The van der Waals surface area contributed by atoms with Gasteiger partial charge in [-0.25, -0.2) is 0 Å². The highest BCUT2D eigenvalue weighted by Gasteiger charge is 2.47. The number of anilines is 2. The van der Waals surface area contributed by atoms with Gasteiger partial charge in [0.05, 0.1) is 5.41 Å². The van der Waals surface area contributed by atoms with E-state index in [2.05, 4.69) is 35.3 Å². The second-order valence-electron chi connectivity index (χ2n) is 7.10. The molecule has 0 radical (unpaired) electrons. The van der Waals surface area contributed by atoms with Crippen LogP contribution in [-0.4, -0.2) is 26.3 Å². The second-order valence-corrected chi connectivity index (χ2v) is 7.10. The summed E-state index contributed by atoms with van der Waals surface area (Å²) in [6.45, 7) is 4.18. The zero-order valence-corrected chi connectivity index (χ0v) is 15.3. The Bertz CT molecular complexity index is 747. The summed E-state index contributed by atoms with van der Waals surface area (Å²) in [6, 6.07) is 17.9. The lowest BCUT2D eigenvalue weighted by atomic mass is 9.77. The van der Waals surface area contributed by atoms with Crippen LogP contribution in [-0.2, 0) is 9.53 Å². The van der Waals surface area contributed by atoms with Gasteiger partial charge in [0.1, 0.15) is 6.23 Å². The molecule has 0 unspecified atom stereocenters. The summed E-state index contributed by atoms with van der Waals surface area (Å²) in [5.74, 6) is 0.238. The quantitative estimate of drug-likeness (QED) is 0.910. The predicted octanol–water partition coefficient (Wildman–Crippen LogP) is 4.25. The summed E-state index contributed by atoms with van der Waals surface area (Å²) in [7, 11) is 3.67. The molecule has 0 fully saturated rings. The molecule has 1 aliphatic rings. The highest BCUT2D eigenvalue weighted by molar-refractivity contribution is 5.96. The number of fused-ring (bicyclic) bond motifs is 1. The van der Waals surface area contributed by atoms with Gasteiger partial charge in [0.15, 0.2) is 0 Å². The van der Waals surface area contributed by atoms with Crippen LogP contribution in [0, 0.1) is 5.41 Å². The van der Waals surface area contributed by atoms with Crippen molar-refractivity contribution in [3.8, 4) is 0 Å². The van der Waals surface area contributed by atoms with Crippen LogP contribution in [0.25, 0.3) is 0 Å². The average molecular weight is 338 g/mol. The molecule has 1 aliphatic heterocycles. The minimum absolute atomic E-state index is 0.0166. The van der Waals surface area contributed by atoms with Crippen LogP contribution in [0.15, 0.2) is 54.6 Å². The molecule has 25 heavy (non-hydrogen) atoms. The van der Waals surface area contributed by atoms with Gasteiger partial charge in [0, 0.05) is 25.5 Å². The molecule has 3 atom stereocenters. The number of nitrogens with one attached hydrogen (secondary N) is 1. The lowest BCUT2D eigenvalue weighted by Gasteiger charge is -2.39. The molecule has 3 rings (SSSR count). The maximum atomic E-state index is 13.2. The van der Waals surface area contributed by atoms with Crippen molar-refractivity contribution in [1.82, 2.24) is 0 Å². The Morgan fingerprint density at radius 2 is 1.80 bits per heavy atom. The van der Waals surface area contributed by atoms with Gasteiger partial charge >= 0.3 is 0 Å². The Balaban J connectivity index is 1.98. The highest BCUT2D eigenvalue weighted by atomic mass is 16.5. The van der Waals surface area contributed by atoms with Crippen LogP contribution in [0.3, 0.4) is 0 Å². The lowest BCUT2D eigenvalue weighted by molar-refractivity contribution is -0.133. The third-order valence-corrected chi connectivity index (χ3v) is 5.25. The van der Waals surface area contributed by atoms with Gasteiger partial charge in [-0.15, -0.1) is 0 Å². The SMILES string of the molecule is CO[C@@H]1N(C)c2ccccc2[C@H](C)C[C@]1(C)C(=O)Nc1ccccc1. The van der Waals surface area contributed by atoms with E-state index in [-0.39, 0.29) is 18.1 Å². The Morgan fingerprint density at radius 3 is 2.48 bits per heavy atom. The second kappa shape index (κ2) is 6.89. The molecule has 4 heteroatoms. The van der Waals surface area contributed by atoms with E-state index in [9.17, 15) is 4.79 Å². The maximum Gasteiger partial charge on any atom is 0.234 e. The molecule has 1 amide bonds. The minimum atomic E-state index is -0.683. The number of para-hydroxylation sites is 2. The molecule has 0 saturated heterocycles. The van der Waals surface area contributed by atoms with Crippen LogP contribution in [0.5, 0.6) is 0 Å². The van der Waals surface area contributed by atoms with Crippen LogP contribution < -0.4 is 10.2 Å². The fourth-order valence-corrected chi connectivity index (χ4v) is 4.04. The molecule has 2 aromatic rings. The fraction of sp³-hybridized carbons (Fsp3) is 0.381. The van der Waals surface area contributed by atoms with Gasteiger partial charge in [-0.05, 0) is 43.0 Å². The number of benzene rings is 2. The topological polar surface area (TPSA) is 41.6 Å². The number of ether oxygens (including phenoxy) is 1. The molecule has 1 N–H and O–H groups in total. The molecule has 0 aromatic heterocycles. The molecule has 4 nitrogen and oxygen atoms in total. The maximum absolute atomic E-state index is 13.2. The molecule has 0 bridgehead atoms. The molecule has 132 valence electrons. The van der Waals surface area contributed by atoms with E-state index in [1.807, 2.05) is 50.4 Å². The average Bonchev–Trinajstić information content (AvgIpc) is 2.70. The first-order valence-corrected chi connectivity index (χ1v) is 8.68. The van der Waals surface area contributed by atoms with E-state index in [1.54, 1.807) is 7.11 Å². The summed E-state index contributed by atoms with van der Waals surface area (Å²) in [5.41, 5.74) is 2.50. The molecular weight excluding hydrogens is 312 g/mol. The zero-order valence-electron chi connectivity index (χ0n) is 15.3. The normalized spacial score (nSPS) is 25.8. The first-order valence-electron chi connectivity index (χ1n) is 8.68. The number of carbonyl (C=O) groups excluding carboxylic acids is 1. The summed E-state index contributed by atoms with van der Waals surface area (Å²) >= 11 is 0. The van der Waals surface area contributed by atoms with Crippen LogP contribution in [0.2, 0.25) is 0 Å². The third kappa shape index (κ3) is 3.14. The van der Waals surface area contributed by atoms with Crippen molar-refractivity contribution in [2.45, 2.75) is 32.4 Å². The van der Waals surface area contributed by atoms with E-state index in [1.165, 1.54) is 5.56 Å². The van der Waals surface area contributed by atoms with Crippen molar-refractivity contribution in [1.29, 1.82) is 0 Å². The molecule has 1 heterocycles. The molecule has 0 saturated carbocycles. The van der Waals surface area contributed by atoms with Crippen molar-refractivity contribution >= 4 is 17.3 Å². The van der Waals surface area contributed by atoms with Gasteiger partial charge in [-0.1, -0.05) is 43.3 Å². The van der Waals surface area contributed by atoms with Crippen molar-refractivity contribution in [3.63, 3.8) is 0 Å². The number of nitrogens with zero attached hydrogens (tertiary/aromatic N) is 1. The summed E-state index contributed by atoms with van der Waals surface area (Å²) in [5, 5.41) is 3.07. The van der Waals surface area contributed by atoms with Crippen molar-refractivity contribution in [3.05, 3.63) is 60.2 Å². The van der Waals surface area contributed by atoms with Crippen LogP contribution >= 0.6 is 0 Å². The number of hydrogen-bond acceptors (Lipinski definition) is 3. The molecule has 2 aromatic carbocycles. The minimum Gasteiger partial charge on any atom is -0.360 e. The Labute approximate surface area is 149 Å². The largest absolute Gasteiger partial charge is 0.360 e. The van der Waals surface area contributed by atoms with E-state index in [0.29, 0.717) is 6.42 Å². The summed E-state index contributed by atoms with van der Waals surface area (Å²) in [6.07, 6.45) is 0.369. The molecule has 0 spiro atoms. The van der Waals surface area contributed by atoms with Crippen molar-refractivity contribution in [2.24, 2.45) is 5.41 Å². The summed E-state index contributed by atoms with van der Waals surface area (Å²) < 4.78 is 5.83. The standard InChI is InChI=1S/C21H26N2O2/c1-15-14-21(2,19(24)22-16-10-6-5-7-11-16)20(25-4)23(3)18-13-9-8-12-17(15)18/h5-13,15,20H,14H2,1-4H3,(H,22,24)/t15-,20+,21-/m1/s1. The Hall–Kier alpha value is -2.33. The van der Waals surface area contributed by atoms with E-state index in [0.717, 1.165) is 11.4 Å². The van der Waals surface area contributed by atoms with Crippen molar-refractivity contribution < 1.29 is 9.53 Å². The number of rotatable bonds is 3. The fourth-order valence-electron chi connectivity index (χ4n) is 4.04. The van der Waals surface area contributed by atoms with Gasteiger partial charge in [0.2, 0.25) is 5.91 Å². The first-order chi connectivity index (χ1) is 12.0. The Kier molecular flexibility index (Phi) is 4.82. The van der Waals surface area contributed by atoms with Gasteiger partial charge in [-0.2, -0.15) is 0 Å². The predicted molar refractivity (Wildman–Crippen MR) is 102 cm³/mol. The van der Waals surface area contributed by atoms with Crippen LogP contribution in [0.1, 0.15) is 31.7 Å². The monoisotopic (exact) mass is 338 g/mol. The molecule has 0 aliphatic carbocycles. The zero-order chi connectivity index (χ0) is 18.0. The molecular formula is C21H26N2O2. The van der Waals surface area contributed by atoms with Gasteiger partial charge in [0.25, 0.3) is 0 Å². The van der Waals surface area contributed by atoms with E-state index < -0.39 is 5.41 Å². The van der Waals surface area contributed by atoms with E-state index >= 15 is 0 Å². The number of hydrogen-bond donors (Lipinski definition) is 1.